The van der Waals surface area contributed by atoms with Gasteiger partial charge in [-0.05, 0) is 88.4 Å². The van der Waals surface area contributed by atoms with Crippen LogP contribution in [0.15, 0.2) is 106 Å². The Hall–Kier alpha value is -9.65. The van der Waals surface area contributed by atoms with Gasteiger partial charge in [0, 0.05) is 60.2 Å². The molecule has 8 rings (SSSR count). The van der Waals surface area contributed by atoms with Crippen LogP contribution in [0.4, 0.5) is 21.6 Å². The molecule has 0 unspecified atom stereocenters. The number of carboxylic acids is 2. The van der Waals surface area contributed by atoms with Crippen LogP contribution in [0.3, 0.4) is 0 Å². The van der Waals surface area contributed by atoms with E-state index in [1.165, 1.54) is 38.5 Å². The van der Waals surface area contributed by atoms with Crippen molar-refractivity contribution in [1.29, 1.82) is 0 Å². The second-order valence-electron chi connectivity index (χ2n) is 20.8. The molecule has 6 aromatic rings. The van der Waals surface area contributed by atoms with E-state index in [4.69, 9.17) is 50.7 Å². The van der Waals surface area contributed by atoms with Crippen molar-refractivity contribution in [2.45, 2.75) is 63.1 Å². The summed E-state index contributed by atoms with van der Waals surface area (Å²) in [5, 5.41) is 42.2. The molecule has 14 N–H and O–H groups in total. The molecule has 2 saturated heterocycles. The number of rotatable bonds is 30. The Balaban J connectivity index is 0.861. The standard InChI is InChI=1S/C54H62N16O16S3/c1-53(2)43(63-45(71)41(35-27-87-51(57)61-35)65-83-39(49(75)76)25-81-33-13-7-29(8-14-33)37-17-11-31(23-67(37)5)59-21-19-55)47(73)69(53)85-89(79,80)86-70-48(74)44(54(70,3)4)64-46(72)42(36-28-88-52(58)62-36)66-84-40(50(77)78)26-82-34-15-9-30(10-16-34)38-18-12-32(24-68(38)6)60-22-20-56/h7-18,23-24,27-28,39-40,43-44,59-60H,19-22,25-26,55-56H2,1-6H3,(H6-2,57,58,61,62,63,64,71,72,75,76,77,78)/p+2/b65-41-,66-42-/t39-,40-,43+,44+/m0/s1. The molecular formula is C54H64N16O16S3+2. The van der Waals surface area contributed by atoms with Gasteiger partial charge in [-0.25, -0.2) is 19.6 Å². The van der Waals surface area contributed by atoms with E-state index >= 15 is 0 Å². The molecule has 4 atom stereocenters. The maximum absolute atomic E-state index is 13.9. The average molecular weight is 1290 g/mol. The van der Waals surface area contributed by atoms with Crippen molar-refractivity contribution in [3.05, 3.63) is 107 Å². The number of aromatic nitrogens is 4. The van der Waals surface area contributed by atoms with Crippen LogP contribution >= 0.6 is 22.7 Å². The van der Waals surface area contributed by atoms with Crippen LogP contribution in [-0.4, -0.2) is 160 Å². The first-order valence-corrected chi connectivity index (χ1v) is 29.9. The summed E-state index contributed by atoms with van der Waals surface area (Å²) in [5.74, 6) is -7.00. The predicted molar refractivity (Wildman–Crippen MR) is 320 cm³/mol. The molecule has 0 bridgehead atoms. The number of nitrogens with two attached hydrogens (primary N) is 4. The molecule has 2 fully saturated rings. The number of amides is 4. The molecule has 35 heteroatoms. The highest BCUT2D eigenvalue weighted by atomic mass is 32.3. The van der Waals surface area contributed by atoms with Crippen molar-refractivity contribution in [1.82, 2.24) is 30.7 Å². The Labute approximate surface area is 516 Å². The van der Waals surface area contributed by atoms with Gasteiger partial charge in [-0.2, -0.15) is 27.7 Å². The number of pyridine rings is 2. The van der Waals surface area contributed by atoms with Gasteiger partial charge in [-0.1, -0.05) is 10.3 Å². The smallest absolute Gasteiger partial charge is 0.442 e. The maximum Gasteiger partial charge on any atom is 0.442 e. The quantitative estimate of drug-likeness (QED) is 0.0123. The molecular weight excluding hydrogens is 1220 g/mol. The number of hydroxylamine groups is 4. The van der Waals surface area contributed by atoms with E-state index in [0.29, 0.717) is 36.3 Å². The Morgan fingerprint density at radius 1 is 0.640 bits per heavy atom. The fraction of sp³-hybridized carbons (Fsp3) is 0.333. The summed E-state index contributed by atoms with van der Waals surface area (Å²) < 4.78 is 52.2. The van der Waals surface area contributed by atoms with Gasteiger partial charge in [0.2, 0.25) is 11.4 Å². The lowest BCUT2D eigenvalue weighted by atomic mass is 9.84. The Morgan fingerprint density at radius 2 is 1.01 bits per heavy atom. The zero-order chi connectivity index (χ0) is 64.5. The van der Waals surface area contributed by atoms with Crippen molar-refractivity contribution in [2.24, 2.45) is 35.9 Å². The Bertz CT molecular complexity index is 3570. The van der Waals surface area contributed by atoms with Crippen molar-refractivity contribution in [2.75, 3.05) is 61.5 Å². The number of nitrogens with one attached hydrogen (secondary N) is 4. The van der Waals surface area contributed by atoms with Crippen molar-refractivity contribution in [3.8, 4) is 34.0 Å². The molecule has 32 nitrogen and oxygen atoms in total. The Kier molecular flexibility index (Phi) is 20.3. The van der Waals surface area contributed by atoms with E-state index in [1.807, 2.05) is 59.9 Å². The SMILES string of the molecule is C[n+]1cc(NCCN)ccc1-c1ccc(OC[C@H](O/N=C(\C(=O)N[C@@H]2C(=O)N(OS(=O)(=O)ON3C(=O)[C@@H](NC(=O)/C(=N\O[C@@H](COc4ccc(-c5ccc(NCCN)c[n+]5C)cc4)C(=O)O)c4csc(N)n4)C3(C)C)C2(C)C)c2csc(N)n2)C(=O)O)cc1. The monoisotopic (exact) mass is 1290 g/mol. The minimum atomic E-state index is -5.37. The van der Waals surface area contributed by atoms with Crippen LogP contribution in [0, 0.1) is 0 Å². The highest BCUT2D eigenvalue weighted by Gasteiger charge is 2.61. The van der Waals surface area contributed by atoms with E-state index in [9.17, 15) is 47.4 Å². The van der Waals surface area contributed by atoms with E-state index in [2.05, 4.69) is 41.5 Å². The third kappa shape index (κ3) is 15.4. The first-order chi connectivity index (χ1) is 42.2. The van der Waals surface area contributed by atoms with Crippen LogP contribution in [0.25, 0.3) is 22.5 Å². The van der Waals surface area contributed by atoms with E-state index in [1.54, 1.807) is 48.5 Å². The van der Waals surface area contributed by atoms with Gasteiger partial charge >= 0.3 is 22.3 Å². The summed E-state index contributed by atoms with van der Waals surface area (Å²) in [7, 11) is -1.61. The third-order valence-electron chi connectivity index (χ3n) is 13.6. The fourth-order valence-corrected chi connectivity index (χ4v) is 10.8. The number of carboxylic acid groups (broad SMARTS) is 2. The summed E-state index contributed by atoms with van der Waals surface area (Å²) in [6.07, 6.45) is 0.243. The number of nitrogens with zero attached hydrogens (tertiary/aromatic N) is 8. The minimum Gasteiger partial charge on any atom is -0.489 e. The number of ether oxygens (including phenoxy) is 2. The summed E-state index contributed by atoms with van der Waals surface area (Å²) in [6, 6.07) is 18.2. The molecule has 4 aromatic heterocycles. The lowest BCUT2D eigenvalue weighted by Gasteiger charge is -2.52. The molecule has 0 aliphatic carbocycles. The van der Waals surface area contributed by atoms with Gasteiger partial charge in [0.1, 0.15) is 62.3 Å². The number of β-lactam (4-membered cyclic amide) rings is 2. The van der Waals surface area contributed by atoms with Gasteiger partial charge in [-0.15, -0.1) is 31.2 Å². The second kappa shape index (κ2) is 27.6. The lowest BCUT2D eigenvalue weighted by molar-refractivity contribution is -0.659. The van der Waals surface area contributed by atoms with Gasteiger partial charge in [0.25, 0.3) is 35.8 Å². The number of benzene rings is 2. The number of hydrogen-bond acceptors (Lipinski definition) is 26. The van der Waals surface area contributed by atoms with Crippen molar-refractivity contribution in [3.63, 3.8) is 0 Å². The number of aliphatic carboxylic acids is 2. The number of carbonyl (C=O) groups is 6. The number of hydrogen-bond donors (Lipinski definition) is 10. The highest BCUT2D eigenvalue weighted by molar-refractivity contribution is 7.81. The largest absolute Gasteiger partial charge is 0.489 e. The number of carbonyl (C=O) groups excluding carboxylic acids is 4. The zero-order valence-electron chi connectivity index (χ0n) is 48.5. The van der Waals surface area contributed by atoms with Crippen LogP contribution in [0.2, 0.25) is 0 Å². The summed E-state index contributed by atoms with van der Waals surface area (Å²) in [5.41, 5.74) is 23.1. The van der Waals surface area contributed by atoms with E-state index in [0.717, 1.165) is 56.6 Å². The number of oxime groups is 2. The third-order valence-corrected chi connectivity index (χ3v) is 15.6. The first-order valence-electron chi connectivity index (χ1n) is 26.8. The number of nitrogen functional groups attached to an aromatic ring is 2. The van der Waals surface area contributed by atoms with Gasteiger partial charge < -0.3 is 73.6 Å². The summed E-state index contributed by atoms with van der Waals surface area (Å²) in [4.78, 5) is 98.4. The Morgan fingerprint density at radius 3 is 1.31 bits per heavy atom. The lowest BCUT2D eigenvalue weighted by Crippen LogP contribution is -2.78. The molecule has 89 heavy (non-hydrogen) atoms. The average Bonchev–Trinajstić information content (AvgIpc) is 0.912. The number of thiazole rings is 2. The zero-order valence-corrected chi connectivity index (χ0v) is 51.0. The predicted octanol–water partition coefficient (Wildman–Crippen LogP) is 0.0134. The minimum absolute atomic E-state index is 0.0140. The van der Waals surface area contributed by atoms with Crippen molar-refractivity contribution >= 4 is 102 Å². The van der Waals surface area contributed by atoms with E-state index in [-0.39, 0.29) is 33.1 Å². The van der Waals surface area contributed by atoms with Gasteiger partial charge in [-0.3, -0.25) is 19.2 Å². The van der Waals surface area contributed by atoms with Crippen molar-refractivity contribution < 1.29 is 84.2 Å². The molecule has 472 valence electrons. The van der Waals surface area contributed by atoms with Gasteiger partial charge in [0.05, 0.1) is 22.5 Å². The molecule has 2 aliphatic rings. The molecule has 6 heterocycles. The molecule has 4 amide bonds. The number of anilines is 4. The molecule has 0 saturated carbocycles. The van der Waals surface area contributed by atoms with Crippen LogP contribution in [-0.2, 0) is 71.5 Å². The molecule has 0 radical (unpaired) electrons. The van der Waals surface area contributed by atoms with Crippen LogP contribution < -0.4 is 62.8 Å². The molecule has 2 aromatic carbocycles. The topological polar surface area (TPSA) is 449 Å². The molecule has 0 spiro atoms. The molecule has 2 aliphatic heterocycles. The highest BCUT2D eigenvalue weighted by Crippen LogP contribution is 2.37. The summed E-state index contributed by atoms with van der Waals surface area (Å²) >= 11 is 1.81. The van der Waals surface area contributed by atoms with Crippen LogP contribution in [0.5, 0.6) is 11.5 Å². The first kappa shape index (κ1) is 65.3. The second-order valence-corrected chi connectivity index (χ2v) is 23.7. The van der Waals surface area contributed by atoms with Gasteiger partial charge in [0.15, 0.2) is 34.1 Å². The normalized spacial score (nSPS) is 16.9. The maximum atomic E-state index is 13.9. The number of aryl methyl sites for hydroxylation is 2. The fourth-order valence-electron chi connectivity index (χ4n) is 8.82. The van der Waals surface area contributed by atoms with E-state index < -0.39 is 106 Å². The van der Waals surface area contributed by atoms with Crippen LogP contribution in [0.1, 0.15) is 39.1 Å². The summed E-state index contributed by atoms with van der Waals surface area (Å²) in [6.45, 7) is 6.22.